The lowest BCUT2D eigenvalue weighted by molar-refractivity contribution is -0.137. The third kappa shape index (κ3) is 4.56. The number of rotatable bonds is 5. The first-order chi connectivity index (χ1) is 10.4. The molecule has 22 heavy (non-hydrogen) atoms. The topological polar surface area (TPSA) is 30.0 Å². The molecule has 0 amide bonds. The van der Waals surface area contributed by atoms with Crippen LogP contribution in [-0.2, 0) is 6.18 Å². The minimum Gasteiger partial charge on any atom is -0.294 e. The molecule has 0 aliphatic carbocycles. The first-order valence-electron chi connectivity index (χ1n) is 6.31. The van der Waals surface area contributed by atoms with Crippen molar-refractivity contribution in [2.75, 3.05) is 5.75 Å². The zero-order chi connectivity index (χ0) is 16.2. The first kappa shape index (κ1) is 16.5. The fraction of sp³-hybridized carbons (Fsp3) is 0.200. The number of halogens is 4. The minimum atomic E-state index is -4.41. The molecule has 1 aromatic heterocycles. The molecule has 0 saturated carbocycles. The number of alkyl halides is 3. The maximum atomic E-state index is 12.7. The van der Waals surface area contributed by atoms with Gasteiger partial charge < -0.3 is 0 Å². The lowest BCUT2D eigenvalue weighted by Crippen LogP contribution is -2.05. The molecule has 0 radical (unpaired) electrons. The van der Waals surface area contributed by atoms with Crippen LogP contribution in [0.4, 0.5) is 17.6 Å². The Morgan fingerprint density at radius 1 is 1.09 bits per heavy atom. The van der Waals surface area contributed by atoms with Crippen molar-refractivity contribution in [2.24, 2.45) is 0 Å². The van der Waals surface area contributed by atoms with Gasteiger partial charge in [0.2, 0.25) is 0 Å². The van der Waals surface area contributed by atoms with Crippen LogP contribution in [0.2, 0.25) is 0 Å². The molecule has 0 spiro atoms. The Hall–Kier alpha value is -1.89. The van der Waals surface area contributed by atoms with Crippen LogP contribution >= 0.6 is 11.8 Å². The summed E-state index contributed by atoms with van der Waals surface area (Å²) in [7, 11) is 0. The van der Waals surface area contributed by atoms with E-state index in [1.807, 2.05) is 0 Å². The Kier molecular flexibility index (Phi) is 5.18. The highest BCUT2D eigenvalue weighted by atomic mass is 32.2. The molecule has 1 heterocycles. The quantitative estimate of drug-likeness (QED) is 0.456. The van der Waals surface area contributed by atoms with Gasteiger partial charge in [-0.15, -0.1) is 11.8 Å². The van der Waals surface area contributed by atoms with Gasteiger partial charge in [0, 0.05) is 23.9 Å². The second-order valence-corrected chi connectivity index (χ2v) is 5.53. The third-order valence-electron chi connectivity index (χ3n) is 2.81. The number of aromatic nitrogens is 1. The predicted octanol–water partition coefficient (Wildman–Crippen LogP) is 4.60. The number of hydrogen-bond acceptors (Lipinski definition) is 3. The van der Waals surface area contributed by atoms with Gasteiger partial charge in [0.05, 0.1) is 10.6 Å². The van der Waals surface area contributed by atoms with E-state index in [9.17, 15) is 22.4 Å². The summed E-state index contributed by atoms with van der Waals surface area (Å²) < 4.78 is 49.9. The monoisotopic (exact) mass is 329 g/mol. The number of thioether (sulfide) groups is 1. The predicted molar refractivity (Wildman–Crippen MR) is 75.3 cm³/mol. The molecule has 7 heteroatoms. The fourth-order valence-electron chi connectivity index (χ4n) is 1.66. The first-order valence-corrected chi connectivity index (χ1v) is 7.29. The Balaban J connectivity index is 1.86. The third-order valence-corrected chi connectivity index (χ3v) is 3.75. The summed E-state index contributed by atoms with van der Waals surface area (Å²) in [5, 5.41) is 0.417. The fourth-order valence-corrected chi connectivity index (χ4v) is 2.45. The number of nitrogens with zero attached hydrogens (tertiary/aromatic N) is 1. The van der Waals surface area contributed by atoms with Crippen LogP contribution in [0.3, 0.4) is 0 Å². The highest BCUT2D eigenvalue weighted by Gasteiger charge is 2.30. The van der Waals surface area contributed by atoms with E-state index in [0.29, 0.717) is 16.3 Å². The van der Waals surface area contributed by atoms with Crippen LogP contribution in [0, 0.1) is 5.82 Å². The van der Waals surface area contributed by atoms with Crippen molar-refractivity contribution in [2.45, 2.75) is 17.6 Å². The molecule has 2 rings (SSSR count). The van der Waals surface area contributed by atoms with Crippen molar-refractivity contribution >= 4 is 17.5 Å². The molecular formula is C15H11F4NOS. The molecule has 0 atom stereocenters. The average molecular weight is 329 g/mol. The van der Waals surface area contributed by atoms with Crippen LogP contribution in [0.15, 0.2) is 47.6 Å². The van der Waals surface area contributed by atoms with Gasteiger partial charge >= 0.3 is 6.18 Å². The van der Waals surface area contributed by atoms with Crippen molar-refractivity contribution in [3.63, 3.8) is 0 Å². The molecule has 0 N–H and O–H groups in total. The van der Waals surface area contributed by atoms with Crippen LogP contribution < -0.4 is 0 Å². The molecule has 0 saturated heterocycles. The van der Waals surface area contributed by atoms with E-state index in [-0.39, 0.29) is 12.2 Å². The van der Waals surface area contributed by atoms with Gasteiger partial charge in [0.25, 0.3) is 0 Å². The van der Waals surface area contributed by atoms with Crippen LogP contribution in [0.25, 0.3) is 0 Å². The molecule has 1 aromatic carbocycles. The van der Waals surface area contributed by atoms with Gasteiger partial charge in [0.15, 0.2) is 5.78 Å². The summed E-state index contributed by atoms with van der Waals surface area (Å²) in [6, 6.07) is 7.44. The molecule has 116 valence electrons. The second-order valence-electron chi connectivity index (χ2n) is 4.41. The highest BCUT2D eigenvalue weighted by Crippen LogP contribution is 2.29. The van der Waals surface area contributed by atoms with E-state index in [1.165, 1.54) is 42.1 Å². The molecule has 0 aliphatic heterocycles. The van der Waals surface area contributed by atoms with E-state index in [1.54, 1.807) is 0 Å². The smallest absolute Gasteiger partial charge is 0.294 e. The van der Waals surface area contributed by atoms with E-state index in [4.69, 9.17) is 0 Å². The normalized spacial score (nSPS) is 11.5. The average Bonchev–Trinajstić information content (AvgIpc) is 2.47. The second kappa shape index (κ2) is 6.91. The van der Waals surface area contributed by atoms with Crippen molar-refractivity contribution < 1.29 is 22.4 Å². The number of carbonyl (C=O) groups excluding carboxylic acids is 1. The Morgan fingerprint density at radius 2 is 1.77 bits per heavy atom. The summed E-state index contributed by atoms with van der Waals surface area (Å²) in [6.07, 6.45) is -3.45. The van der Waals surface area contributed by atoms with Crippen LogP contribution in [-0.4, -0.2) is 16.5 Å². The molecule has 2 nitrogen and oxygen atoms in total. The van der Waals surface area contributed by atoms with Gasteiger partial charge in [-0.05, 0) is 36.4 Å². The number of hydrogen-bond donors (Lipinski definition) is 0. The van der Waals surface area contributed by atoms with Gasteiger partial charge in [-0.25, -0.2) is 9.37 Å². The molecular weight excluding hydrogens is 318 g/mol. The zero-order valence-corrected chi connectivity index (χ0v) is 12.0. The van der Waals surface area contributed by atoms with Gasteiger partial charge in [0.1, 0.15) is 5.82 Å². The summed E-state index contributed by atoms with van der Waals surface area (Å²) in [4.78, 5) is 15.5. The lowest BCUT2D eigenvalue weighted by atomic mass is 10.1. The van der Waals surface area contributed by atoms with Crippen molar-refractivity contribution in [1.82, 2.24) is 4.98 Å². The van der Waals surface area contributed by atoms with Crippen molar-refractivity contribution in [3.8, 4) is 0 Å². The lowest BCUT2D eigenvalue weighted by Gasteiger charge is -2.06. The van der Waals surface area contributed by atoms with Gasteiger partial charge in [-0.2, -0.15) is 13.2 Å². The van der Waals surface area contributed by atoms with E-state index < -0.39 is 17.6 Å². The van der Waals surface area contributed by atoms with E-state index >= 15 is 0 Å². The van der Waals surface area contributed by atoms with Gasteiger partial charge in [-0.1, -0.05) is 0 Å². The van der Waals surface area contributed by atoms with Crippen molar-refractivity contribution in [3.05, 3.63) is 59.5 Å². The molecule has 0 aliphatic rings. The van der Waals surface area contributed by atoms with E-state index in [2.05, 4.69) is 4.98 Å². The minimum absolute atomic E-state index is 0.153. The molecule has 0 bridgehead atoms. The number of Topliss-reactive ketones (excluding diaryl/α,β-unsaturated/α-hetero) is 1. The summed E-state index contributed by atoms with van der Waals surface area (Å²) in [6.45, 7) is 0. The Bertz CT molecular complexity index is 638. The summed E-state index contributed by atoms with van der Waals surface area (Å²) in [5.74, 6) is -0.187. The molecule has 0 fully saturated rings. The maximum Gasteiger partial charge on any atom is 0.417 e. The van der Waals surface area contributed by atoms with Crippen LogP contribution in [0.1, 0.15) is 22.3 Å². The number of benzene rings is 1. The SMILES string of the molecule is O=C(CCSc1ccc(C(F)(F)F)cn1)c1ccc(F)cc1. The number of pyridine rings is 1. The maximum absolute atomic E-state index is 12.7. The Morgan fingerprint density at radius 3 is 2.32 bits per heavy atom. The largest absolute Gasteiger partial charge is 0.417 e. The number of carbonyl (C=O) groups is 1. The highest BCUT2D eigenvalue weighted by molar-refractivity contribution is 7.99. The van der Waals surface area contributed by atoms with Crippen molar-refractivity contribution in [1.29, 1.82) is 0 Å². The number of ketones is 1. The van der Waals surface area contributed by atoms with E-state index in [0.717, 1.165) is 12.3 Å². The standard InChI is InChI=1S/C15H11F4NOS/c16-12-4-1-10(2-5-12)13(21)7-8-22-14-6-3-11(9-20-14)15(17,18)19/h1-6,9H,7-8H2. The van der Waals surface area contributed by atoms with Crippen LogP contribution in [0.5, 0.6) is 0 Å². The van der Waals surface area contributed by atoms with Gasteiger partial charge in [-0.3, -0.25) is 4.79 Å². The molecule has 0 unspecified atom stereocenters. The summed E-state index contributed by atoms with van der Waals surface area (Å²) >= 11 is 1.19. The zero-order valence-electron chi connectivity index (χ0n) is 11.2. The molecule has 2 aromatic rings. The Labute approximate surface area is 128 Å². The summed E-state index contributed by atoms with van der Waals surface area (Å²) in [5.41, 5.74) is -0.401.